The van der Waals surface area contributed by atoms with E-state index in [1.807, 2.05) is 13.8 Å². The number of thiazole rings is 1. The Labute approximate surface area is 111 Å². The van der Waals surface area contributed by atoms with Crippen molar-refractivity contribution in [2.24, 2.45) is 5.92 Å². The minimum Gasteiger partial charge on any atom is -0.391 e. The number of amides is 1. The van der Waals surface area contributed by atoms with E-state index in [0.717, 1.165) is 12.8 Å². The van der Waals surface area contributed by atoms with E-state index >= 15 is 0 Å². The minimum absolute atomic E-state index is 0.216. The van der Waals surface area contributed by atoms with Gasteiger partial charge in [-0.1, -0.05) is 38.0 Å². The van der Waals surface area contributed by atoms with E-state index in [4.69, 9.17) is 5.73 Å². The normalized spacial score (nSPS) is 12.7. The zero-order valence-electron chi connectivity index (χ0n) is 11.1. The first kappa shape index (κ1) is 14.9. The van der Waals surface area contributed by atoms with Crippen LogP contribution in [0.1, 0.15) is 42.1 Å². The van der Waals surface area contributed by atoms with E-state index in [2.05, 4.69) is 10.3 Å². The molecule has 1 unspecified atom stereocenters. The van der Waals surface area contributed by atoms with Gasteiger partial charge in [0, 0.05) is 6.54 Å². The van der Waals surface area contributed by atoms with Crippen molar-refractivity contribution in [2.45, 2.75) is 39.7 Å². The monoisotopic (exact) mass is 271 g/mol. The summed E-state index contributed by atoms with van der Waals surface area (Å²) in [4.78, 5) is 16.4. The quantitative estimate of drug-likeness (QED) is 0.732. The average Bonchev–Trinajstić information content (AvgIpc) is 2.67. The van der Waals surface area contributed by atoms with E-state index in [-0.39, 0.29) is 18.4 Å². The molecule has 6 heteroatoms. The Kier molecular flexibility index (Phi) is 5.55. The maximum atomic E-state index is 11.9. The highest BCUT2D eigenvalue weighted by atomic mass is 32.1. The summed E-state index contributed by atoms with van der Waals surface area (Å²) < 4.78 is 0. The number of aryl methyl sites for hydroxylation is 1. The fourth-order valence-electron chi connectivity index (χ4n) is 1.90. The number of aliphatic hydroxyl groups excluding tert-OH is 1. The van der Waals surface area contributed by atoms with Gasteiger partial charge in [-0.3, -0.25) is 4.79 Å². The van der Waals surface area contributed by atoms with Gasteiger partial charge in [0.25, 0.3) is 5.91 Å². The Morgan fingerprint density at radius 2 is 2.11 bits per heavy atom. The summed E-state index contributed by atoms with van der Waals surface area (Å²) in [6, 6.07) is 0. The molecule has 0 aromatic carbocycles. The lowest BCUT2D eigenvalue weighted by Crippen LogP contribution is -2.36. The maximum Gasteiger partial charge on any atom is 0.263 e. The summed E-state index contributed by atoms with van der Waals surface area (Å²) in [5.74, 6) is 0.00429. The Hall–Kier alpha value is -1.14. The second-order valence-electron chi connectivity index (χ2n) is 4.32. The molecular weight excluding hydrogens is 250 g/mol. The predicted molar refractivity (Wildman–Crippen MR) is 73.7 cm³/mol. The van der Waals surface area contributed by atoms with Crippen molar-refractivity contribution >= 4 is 22.4 Å². The van der Waals surface area contributed by atoms with Crippen molar-refractivity contribution in [3.05, 3.63) is 10.6 Å². The molecule has 0 bridgehead atoms. The molecule has 0 aliphatic carbocycles. The van der Waals surface area contributed by atoms with Crippen LogP contribution >= 0.6 is 11.3 Å². The zero-order valence-corrected chi connectivity index (χ0v) is 11.9. The van der Waals surface area contributed by atoms with Crippen LogP contribution in [0.3, 0.4) is 0 Å². The molecule has 0 saturated heterocycles. The van der Waals surface area contributed by atoms with E-state index < -0.39 is 6.10 Å². The first-order valence-corrected chi connectivity index (χ1v) is 7.00. The van der Waals surface area contributed by atoms with Crippen molar-refractivity contribution < 1.29 is 9.90 Å². The molecule has 0 radical (unpaired) electrons. The Morgan fingerprint density at radius 3 is 2.56 bits per heavy atom. The maximum absolute atomic E-state index is 11.9. The van der Waals surface area contributed by atoms with Crippen LogP contribution in [0.2, 0.25) is 0 Å². The molecule has 0 fully saturated rings. The van der Waals surface area contributed by atoms with Crippen molar-refractivity contribution in [1.82, 2.24) is 10.3 Å². The van der Waals surface area contributed by atoms with E-state index in [0.29, 0.717) is 15.7 Å². The lowest BCUT2D eigenvalue weighted by atomic mass is 9.96. The molecule has 1 aromatic rings. The molecular formula is C12H21N3O2S. The van der Waals surface area contributed by atoms with Gasteiger partial charge in [-0.2, -0.15) is 0 Å². The van der Waals surface area contributed by atoms with Crippen LogP contribution in [0.25, 0.3) is 0 Å². The molecule has 1 amide bonds. The van der Waals surface area contributed by atoms with Crippen LogP contribution in [-0.2, 0) is 0 Å². The van der Waals surface area contributed by atoms with Gasteiger partial charge in [0.2, 0.25) is 0 Å². The molecule has 1 aromatic heterocycles. The number of rotatable bonds is 6. The van der Waals surface area contributed by atoms with Gasteiger partial charge < -0.3 is 16.2 Å². The molecule has 1 atom stereocenters. The van der Waals surface area contributed by atoms with Gasteiger partial charge in [-0.25, -0.2) is 4.98 Å². The Bertz CT molecular complexity index is 402. The molecule has 0 aliphatic rings. The van der Waals surface area contributed by atoms with Crippen molar-refractivity contribution in [2.75, 3.05) is 12.3 Å². The Morgan fingerprint density at radius 1 is 1.50 bits per heavy atom. The summed E-state index contributed by atoms with van der Waals surface area (Å²) in [6.45, 7) is 6.09. The van der Waals surface area contributed by atoms with Crippen LogP contribution in [0, 0.1) is 12.8 Å². The number of carbonyl (C=O) groups is 1. The number of aromatic nitrogens is 1. The number of nitrogens with two attached hydrogens (primary N) is 1. The highest BCUT2D eigenvalue weighted by molar-refractivity contribution is 7.17. The molecule has 1 rings (SSSR count). The summed E-state index contributed by atoms with van der Waals surface area (Å²) in [7, 11) is 0. The first-order chi connectivity index (χ1) is 8.49. The number of hydrogen-bond acceptors (Lipinski definition) is 5. The van der Waals surface area contributed by atoms with Crippen LogP contribution in [0.15, 0.2) is 0 Å². The third-order valence-corrected chi connectivity index (χ3v) is 4.07. The number of nitrogens with zero attached hydrogens (tertiary/aromatic N) is 1. The van der Waals surface area contributed by atoms with Crippen molar-refractivity contribution in [3.8, 4) is 0 Å². The van der Waals surface area contributed by atoms with Crippen LogP contribution in [0.4, 0.5) is 5.13 Å². The summed E-state index contributed by atoms with van der Waals surface area (Å²) in [5, 5.41) is 13.0. The first-order valence-electron chi connectivity index (χ1n) is 6.18. The molecule has 5 nitrogen and oxygen atoms in total. The third kappa shape index (κ3) is 3.68. The van der Waals surface area contributed by atoms with Crippen LogP contribution < -0.4 is 11.1 Å². The smallest absolute Gasteiger partial charge is 0.263 e. The topological polar surface area (TPSA) is 88.2 Å². The number of hydrogen-bond donors (Lipinski definition) is 3. The zero-order chi connectivity index (χ0) is 13.7. The van der Waals surface area contributed by atoms with Gasteiger partial charge >= 0.3 is 0 Å². The molecule has 4 N–H and O–H groups in total. The van der Waals surface area contributed by atoms with E-state index in [9.17, 15) is 9.90 Å². The molecule has 0 aliphatic heterocycles. The highest BCUT2D eigenvalue weighted by Crippen LogP contribution is 2.19. The van der Waals surface area contributed by atoms with Gasteiger partial charge in [0.1, 0.15) is 4.88 Å². The number of carbonyl (C=O) groups excluding carboxylic acids is 1. The molecule has 1 heterocycles. The fourth-order valence-corrected chi connectivity index (χ4v) is 2.65. The average molecular weight is 271 g/mol. The largest absolute Gasteiger partial charge is 0.391 e. The summed E-state index contributed by atoms with van der Waals surface area (Å²) >= 11 is 1.17. The predicted octanol–water partition coefficient (Wildman–Crippen LogP) is 1.56. The van der Waals surface area contributed by atoms with E-state index in [1.165, 1.54) is 11.3 Å². The minimum atomic E-state index is -0.505. The second-order valence-corrected chi connectivity index (χ2v) is 5.35. The lowest BCUT2D eigenvalue weighted by Gasteiger charge is -2.20. The van der Waals surface area contributed by atoms with E-state index in [1.54, 1.807) is 6.92 Å². The summed E-state index contributed by atoms with van der Waals surface area (Å²) in [6.07, 6.45) is 1.30. The molecule has 102 valence electrons. The number of nitrogen functional groups attached to an aromatic ring is 1. The van der Waals surface area contributed by atoms with Crippen LogP contribution in [-0.4, -0.2) is 28.6 Å². The molecule has 18 heavy (non-hydrogen) atoms. The van der Waals surface area contributed by atoms with Gasteiger partial charge in [-0.15, -0.1) is 0 Å². The standard InChI is InChI=1S/C12H21N3O2S/c1-4-8(5-2)9(16)6-14-11(17)10-7(3)15-12(13)18-10/h8-9,16H,4-6H2,1-3H3,(H2,13,15)(H,14,17). The summed E-state index contributed by atoms with van der Waals surface area (Å²) in [5.41, 5.74) is 6.17. The van der Waals surface area contributed by atoms with Gasteiger partial charge in [0.15, 0.2) is 5.13 Å². The number of anilines is 1. The number of aliphatic hydroxyl groups is 1. The fraction of sp³-hybridized carbons (Fsp3) is 0.667. The van der Waals surface area contributed by atoms with Gasteiger partial charge in [-0.05, 0) is 12.8 Å². The third-order valence-electron chi connectivity index (χ3n) is 3.08. The SMILES string of the molecule is CCC(CC)C(O)CNC(=O)c1sc(N)nc1C. The van der Waals surface area contributed by atoms with Crippen LogP contribution in [0.5, 0.6) is 0 Å². The van der Waals surface area contributed by atoms with Crippen molar-refractivity contribution in [1.29, 1.82) is 0 Å². The number of nitrogens with one attached hydrogen (secondary N) is 1. The second kappa shape index (κ2) is 6.70. The Balaban J connectivity index is 2.53. The highest BCUT2D eigenvalue weighted by Gasteiger charge is 2.18. The lowest BCUT2D eigenvalue weighted by molar-refractivity contribution is 0.0819. The van der Waals surface area contributed by atoms with Gasteiger partial charge in [0.05, 0.1) is 11.8 Å². The van der Waals surface area contributed by atoms with Crippen molar-refractivity contribution in [3.63, 3.8) is 0 Å². The molecule has 0 spiro atoms. The molecule has 0 saturated carbocycles.